The maximum absolute atomic E-state index is 13.0. The Morgan fingerprint density at radius 2 is 1.66 bits per heavy atom. The van der Waals surface area contributed by atoms with E-state index in [1.54, 1.807) is 35.4 Å². The van der Waals surface area contributed by atoms with Crippen molar-refractivity contribution in [3.63, 3.8) is 0 Å². The van der Waals surface area contributed by atoms with Crippen LogP contribution in [0.25, 0.3) is 10.8 Å². The Bertz CT molecular complexity index is 1170. The first kappa shape index (κ1) is 21.4. The highest BCUT2D eigenvalue weighted by Gasteiger charge is 2.22. The van der Waals surface area contributed by atoms with E-state index in [1.165, 1.54) is 11.7 Å². The molecule has 0 atom stereocenters. The summed E-state index contributed by atoms with van der Waals surface area (Å²) in [5.41, 5.74) is 0.873. The minimum Gasteiger partial charge on any atom is -0.481 e. The topological polar surface area (TPSA) is 81.1 Å². The van der Waals surface area contributed by atoms with Gasteiger partial charge < -0.3 is 23.8 Å². The van der Waals surface area contributed by atoms with E-state index in [-0.39, 0.29) is 24.6 Å². The smallest absolute Gasteiger partial charge is 0.343 e. The van der Waals surface area contributed by atoms with Crippen molar-refractivity contribution in [3.05, 3.63) is 71.1 Å². The molecule has 32 heavy (non-hydrogen) atoms. The average Bonchev–Trinajstić information content (AvgIpc) is 2.84. The third-order valence-corrected chi connectivity index (χ3v) is 5.61. The molecule has 3 aromatic rings. The van der Waals surface area contributed by atoms with Crippen LogP contribution in [0, 0.1) is 0 Å². The normalized spacial score (nSPS) is 13.8. The molecule has 0 spiro atoms. The van der Waals surface area contributed by atoms with Gasteiger partial charge in [0.2, 0.25) is 5.91 Å². The fourth-order valence-electron chi connectivity index (χ4n) is 3.83. The average molecular weight is 435 g/mol. The highest BCUT2D eigenvalue weighted by molar-refractivity contribution is 5.88. The van der Waals surface area contributed by atoms with Gasteiger partial charge in [0.25, 0.3) is 5.56 Å². The summed E-state index contributed by atoms with van der Waals surface area (Å²) in [5.74, 6) is -0.175. The van der Waals surface area contributed by atoms with E-state index in [1.807, 2.05) is 18.2 Å². The van der Waals surface area contributed by atoms with Crippen molar-refractivity contribution in [2.45, 2.75) is 6.54 Å². The molecule has 1 aliphatic rings. The number of hydrogen-bond donors (Lipinski definition) is 0. The van der Waals surface area contributed by atoms with Crippen molar-refractivity contribution in [3.8, 4) is 5.75 Å². The summed E-state index contributed by atoms with van der Waals surface area (Å²) in [7, 11) is 1.28. The number of amides is 1. The number of ether oxygens (including phenoxy) is 2. The number of hydrogen-bond acceptors (Lipinski definition) is 6. The number of rotatable bonds is 6. The maximum Gasteiger partial charge on any atom is 0.343 e. The van der Waals surface area contributed by atoms with Crippen molar-refractivity contribution in [1.29, 1.82) is 0 Å². The number of fused-ring (bicyclic) bond motifs is 1. The molecular formula is C24H25N3O5. The first-order valence-electron chi connectivity index (χ1n) is 10.5. The molecule has 0 unspecified atom stereocenters. The fraction of sp³-hybridized carbons (Fsp3) is 0.292. The molecule has 0 radical (unpaired) electrons. The molecule has 8 heteroatoms. The van der Waals surface area contributed by atoms with Crippen molar-refractivity contribution < 1.29 is 19.1 Å². The molecule has 8 nitrogen and oxygen atoms in total. The van der Waals surface area contributed by atoms with Gasteiger partial charge in [0.1, 0.15) is 12.3 Å². The van der Waals surface area contributed by atoms with Crippen molar-refractivity contribution in [2.24, 2.45) is 0 Å². The van der Waals surface area contributed by atoms with E-state index in [0.29, 0.717) is 29.6 Å². The number of para-hydroxylation sites is 1. The second-order valence-electron chi connectivity index (χ2n) is 7.53. The van der Waals surface area contributed by atoms with E-state index >= 15 is 0 Å². The Morgan fingerprint density at radius 3 is 2.38 bits per heavy atom. The lowest BCUT2D eigenvalue weighted by atomic mass is 10.1. The van der Waals surface area contributed by atoms with Crippen LogP contribution in [0.4, 0.5) is 5.69 Å². The first-order chi connectivity index (χ1) is 15.6. The third kappa shape index (κ3) is 4.59. The van der Waals surface area contributed by atoms with Crippen molar-refractivity contribution in [1.82, 2.24) is 9.47 Å². The van der Waals surface area contributed by atoms with Gasteiger partial charge in [-0.25, -0.2) is 4.79 Å². The molecule has 2 heterocycles. The molecule has 1 fully saturated rings. The van der Waals surface area contributed by atoms with Crippen LogP contribution in [-0.4, -0.2) is 61.2 Å². The largest absolute Gasteiger partial charge is 0.481 e. The summed E-state index contributed by atoms with van der Waals surface area (Å²) in [5, 5.41) is 1.01. The Morgan fingerprint density at radius 1 is 0.906 bits per heavy atom. The van der Waals surface area contributed by atoms with Gasteiger partial charge in [-0.15, -0.1) is 0 Å². The summed E-state index contributed by atoms with van der Waals surface area (Å²) in [6.07, 6.45) is 1.59. The molecule has 1 saturated heterocycles. The highest BCUT2D eigenvalue weighted by atomic mass is 16.6. The van der Waals surface area contributed by atoms with Crippen LogP contribution in [0.1, 0.15) is 0 Å². The van der Waals surface area contributed by atoms with Crippen molar-refractivity contribution >= 4 is 28.3 Å². The van der Waals surface area contributed by atoms with Crippen LogP contribution in [0.3, 0.4) is 0 Å². The zero-order valence-corrected chi connectivity index (χ0v) is 17.9. The SMILES string of the molecule is COC(=O)COc1cccc2c(=O)n(CC(=O)N3CCN(c4ccccc4)CC3)ccc12. The number of esters is 1. The molecule has 1 aromatic heterocycles. The number of carbonyl (C=O) groups excluding carboxylic acids is 2. The third-order valence-electron chi connectivity index (χ3n) is 5.61. The van der Waals surface area contributed by atoms with Crippen molar-refractivity contribution in [2.75, 3.05) is 44.8 Å². The lowest BCUT2D eigenvalue weighted by Crippen LogP contribution is -2.50. The van der Waals surface area contributed by atoms with E-state index < -0.39 is 5.97 Å². The summed E-state index contributed by atoms with van der Waals surface area (Å²) < 4.78 is 11.5. The Kier molecular flexibility index (Phi) is 6.39. The molecule has 0 aliphatic carbocycles. The summed E-state index contributed by atoms with van der Waals surface area (Å²) in [6.45, 7) is 2.47. The number of anilines is 1. The lowest BCUT2D eigenvalue weighted by molar-refractivity contribution is -0.142. The minimum atomic E-state index is -0.506. The molecule has 0 N–H and O–H groups in total. The summed E-state index contributed by atoms with van der Waals surface area (Å²) in [6, 6.07) is 16.9. The van der Waals surface area contributed by atoms with Gasteiger partial charge in [-0.3, -0.25) is 9.59 Å². The number of aromatic nitrogens is 1. The molecule has 0 bridgehead atoms. The number of piperazine rings is 1. The maximum atomic E-state index is 13.0. The van der Waals surface area contributed by atoms with Crippen LogP contribution in [0.2, 0.25) is 0 Å². The number of methoxy groups -OCH3 is 1. The zero-order valence-electron chi connectivity index (χ0n) is 17.9. The Balaban J connectivity index is 1.44. The lowest BCUT2D eigenvalue weighted by Gasteiger charge is -2.36. The number of benzene rings is 2. The predicted molar refractivity (Wildman–Crippen MR) is 121 cm³/mol. The standard InChI is InChI=1S/C24H25N3O5/c1-31-23(29)17-32-21-9-5-8-20-19(21)10-11-27(24(20)30)16-22(28)26-14-12-25(13-15-26)18-6-3-2-4-7-18/h2-11H,12-17H2,1H3. The van der Waals surface area contributed by atoms with E-state index in [0.717, 1.165) is 18.8 Å². The van der Waals surface area contributed by atoms with Crippen LogP contribution >= 0.6 is 0 Å². The monoisotopic (exact) mass is 435 g/mol. The first-order valence-corrected chi connectivity index (χ1v) is 10.5. The zero-order chi connectivity index (χ0) is 22.5. The minimum absolute atomic E-state index is 0.0205. The van der Waals surface area contributed by atoms with Gasteiger partial charge in [0, 0.05) is 43.4 Å². The van der Waals surface area contributed by atoms with Crippen LogP contribution in [0.5, 0.6) is 5.75 Å². The molecule has 166 valence electrons. The van der Waals surface area contributed by atoms with Gasteiger partial charge in [-0.2, -0.15) is 0 Å². The Labute approximate surface area is 185 Å². The molecule has 2 aromatic carbocycles. The summed E-state index contributed by atoms with van der Waals surface area (Å²) in [4.78, 5) is 41.2. The van der Waals surface area contributed by atoms with Gasteiger partial charge in [0.15, 0.2) is 6.61 Å². The molecule has 0 saturated carbocycles. The molecular weight excluding hydrogens is 410 g/mol. The second-order valence-corrected chi connectivity index (χ2v) is 7.53. The Hall–Kier alpha value is -3.81. The molecule has 4 rings (SSSR count). The quantitative estimate of drug-likeness (QED) is 0.550. The summed E-state index contributed by atoms with van der Waals surface area (Å²) >= 11 is 0. The van der Waals surface area contributed by atoms with Gasteiger partial charge in [0.05, 0.1) is 12.5 Å². The van der Waals surface area contributed by atoms with Gasteiger partial charge in [-0.05, 0) is 30.3 Å². The number of pyridine rings is 1. The van der Waals surface area contributed by atoms with Crippen LogP contribution in [0.15, 0.2) is 65.6 Å². The van der Waals surface area contributed by atoms with E-state index in [4.69, 9.17) is 4.74 Å². The molecule has 1 amide bonds. The van der Waals surface area contributed by atoms with E-state index in [9.17, 15) is 14.4 Å². The second kappa shape index (κ2) is 9.55. The van der Waals surface area contributed by atoms with Gasteiger partial charge >= 0.3 is 5.97 Å². The molecule has 1 aliphatic heterocycles. The van der Waals surface area contributed by atoms with Crippen LogP contribution < -0.4 is 15.2 Å². The highest BCUT2D eigenvalue weighted by Crippen LogP contribution is 2.23. The van der Waals surface area contributed by atoms with E-state index in [2.05, 4.69) is 21.8 Å². The fourth-order valence-corrected chi connectivity index (χ4v) is 3.83. The van der Waals surface area contributed by atoms with Gasteiger partial charge in [-0.1, -0.05) is 24.3 Å². The number of carbonyl (C=O) groups is 2. The number of nitrogens with zero attached hydrogens (tertiary/aromatic N) is 3. The predicted octanol–water partition coefficient (Wildman–Crippen LogP) is 1.90. The van der Waals surface area contributed by atoms with Crippen LogP contribution in [-0.2, 0) is 20.9 Å².